The highest BCUT2D eigenvalue weighted by molar-refractivity contribution is 5.68. The number of carbonyl (C=O) groups is 1. The van der Waals surface area contributed by atoms with Crippen LogP contribution in [-0.2, 0) is 11.3 Å². The molecule has 5 nitrogen and oxygen atoms in total. The Balaban J connectivity index is 1.40. The molecule has 2 aromatic carbocycles. The maximum Gasteiger partial charge on any atom is 0.410 e. The molecular weight excluding hydrogens is 318 g/mol. The fourth-order valence-electron chi connectivity index (χ4n) is 3.65. The Kier molecular flexibility index (Phi) is 4.09. The van der Waals surface area contributed by atoms with E-state index in [1.807, 2.05) is 54.6 Å². The first kappa shape index (κ1) is 16.0. The van der Waals surface area contributed by atoms with Gasteiger partial charge in [-0.3, -0.25) is 0 Å². The zero-order valence-corrected chi connectivity index (χ0v) is 13.9. The predicted molar refractivity (Wildman–Crippen MR) is 92.2 cm³/mol. The molecule has 0 saturated carbocycles. The topological polar surface area (TPSA) is 59.0 Å². The van der Waals surface area contributed by atoms with Gasteiger partial charge in [-0.15, -0.1) is 0 Å². The molecule has 0 radical (unpaired) electrons. The first-order valence-electron chi connectivity index (χ1n) is 8.57. The summed E-state index contributed by atoms with van der Waals surface area (Å²) in [5.74, 6) is 0.709. The number of nitrogens with zero attached hydrogens (tertiary/aromatic N) is 1. The number of rotatable bonds is 2. The van der Waals surface area contributed by atoms with Gasteiger partial charge in [0.15, 0.2) is 0 Å². The van der Waals surface area contributed by atoms with Crippen molar-refractivity contribution in [2.75, 3.05) is 13.1 Å². The number of ether oxygens (including phenoxy) is 2. The van der Waals surface area contributed by atoms with Crippen LogP contribution in [0.1, 0.15) is 30.1 Å². The molecule has 5 heteroatoms. The number of aliphatic hydroxyl groups is 1. The molecule has 0 aliphatic carbocycles. The molecule has 0 aromatic heterocycles. The van der Waals surface area contributed by atoms with Crippen molar-refractivity contribution < 1.29 is 19.4 Å². The van der Waals surface area contributed by atoms with Crippen LogP contribution in [0, 0.1) is 0 Å². The van der Waals surface area contributed by atoms with Crippen LogP contribution in [0.2, 0.25) is 0 Å². The number of aliphatic hydroxyl groups excluding tert-OH is 1. The van der Waals surface area contributed by atoms with Crippen LogP contribution in [0.3, 0.4) is 0 Å². The molecule has 4 rings (SSSR count). The number of likely N-dealkylation sites (tertiary alicyclic amines) is 1. The second kappa shape index (κ2) is 6.41. The van der Waals surface area contributed by atoms with Crippen LogP contribution in [0.25, 0.3) is 0 Å². The molecule has 130 valence electrons. The third-order valence-corrected chi connectivity index (χ3v) is 4.95. The van der Waals surface area contributed by atoms with Gasteiger partial charge in [0, 0.05) is 24.9 Å². The van der Waals surface area contributed by atoms with E-state index in [9.17, 15) is 9.90 Å². The van der Waals surface area contributed by atoms with Crippen LogP contribution in [0.4, 0.5) is 4.79 Å². The molecule has 25 heavy (non-hydrogen) atoms. The van der Waals surface area contributed by atoms with Gasteiger partial charge in [-0.05, 0) is 11.6 Å². The third-order valence-electron chi connectivity index (χ3n) is 4.95. The van der Waals surface area contributed by atoms with Gasteiger partial charge in [-0.25, -0.2) is 4.79 Å². The monoisotopic (exact) mass is 339 g/mol. The lowest BCUT2D eigenvalue weighted by atomic mass is 9.88. The fourth-order valence-corrected chi connectivity index (χ4v) is 3.65. The SMILES string of the molecule is O=C(OCc1ccccc1)N1CCC2(CC(O)c3ccccc3O2)C1. The minimum absolute atomic E-state index is 0.259. The summed E-state index contributed by atoms with van der Waals surface area (Å²) < 4.78 is 11.6. The minimum atomic E-state index is -0.565. The maximum atomic E-state index is 12.4. The van der Waals surface area contributed by atoms with Gasteiger partial charge in [-0.1, -0.05) is 48.5 Å². The molecule has 2 atom stereocenters. The molecule has 2 heterocycles. The van der Waals surface area contributed by atoms with Gasteiger partial charge in [0.2, 0.25) is 0 Å². The maximum absolute atomic E-state index is 12.4. The van der Waals surface area contributed by atoms with Crippen molar-refractivity contribution in [1.29, 1.82) is 0 Å². The van der Waals surface area contributed by atoms with E-state index in [1.54, 1.807) is 4.90 Å². The van der Waals surface area contributed by atoms with E-state index in [4.69, 9.17) is 9.47 Å². The van der Waals surface area contributed by atoms with Gasteiger partial charge in [0.05, 0.1) is 12.6 Å². The largest absolute Gasteiger partial charge is 0.485 e. The summed E-state index contributed by atoms with van der Waals surface area (Å²) in [7, 11) is 0. The van der Waals surface area contributed by atoms with Crippen LogP contribution in [0.15, 0.2) is 54.6 Å². The van der Waals surface area contributed by atoms with E-state index >= 15 is 0 Å². The lowest BCUT2D eigenvalue weighted by molar-refractivity contribution is -0.00776. The van der Waals surface area contributed by atoms with Crippen LogP contribution in [-0.4, -0.2) is 34.8 Å². The van der Waals surface area contributed by atoms with Crippen molar-refractivity contribution in [2.24, 2.45) is 0 Å². The van der Waals surface area contributed by atoms with E-state index in [0.717, 1.165) is 11.1 Å². The molecular formula is C20H21NO4. The van der Waals surface area contributed by atoms with Crippen molar-refractivity contribution in [3.8, 4) is 5.75 Å². The molecule has 1 amide bonds. The smallest absolute Gasteiger partial charge is 0.410 e. The number of carbonyl (C=O) groups excluding carboxylic acids is 1. The molecule has 2 aliphatic rings. The number of fused-ring (bicyclic) bond motifs is 1. The lowest BCUT2D eigenvalue weighted by Crippen LogP contribution is -2.44. The minimum Gasteiger partial charge on any atom is -0.485 e. The average molecular weight is 339 g/mol. The summed E-state index contributed by atoms with van der Waals surface area (Å²) in [6, 6.07) is 17.2. The van der Waals surface area contributed by atoms with Gasteiger partial charge in [0.25, 0.3) is 0 Å². The Morgan fingerprint density at radius 2 is 1.96 bits per heavy atom. The Labute approximate surface area is 146 Å². The van der Waals surface area contributed by atoms with Crippen LogP contribution >= 0.6 is 0 Å². The van der Waals surface area contributed by atoms with E-state index in [2.05, 4.69) is 0 Å². The molecule has 2 unspecified atom stereocenters. The fraction of sp³-hybridized carbons (Fsp3) is 0.350. The van der Waals surface area contributed by atoms with Crippen molar-refractivity contribution in [2.45, 2.75) is 31.2 Å². The summed E-state index contributed by atoms with van der Waals surface area (Å²) in [5.41, 5.74) is 1.25. The molecule has 2 aliphatic heterocycles. The van der Waals surface area contributed by atoms with Crippen molar-refractivity contribution >= 4 is 6.09 Å². The first-order valence-corrected chi connectivity index (χ1v) is 8.57. The number of hydrogen-bond donors (Lipinski definition) is 1. The van der Waals surface area contributed by atoms with Crippen molar-refractivity contribution in [1.82, 2.24) is 4.90 Å². The quantitative estimate of drug-likeness (QED) is 0.912. The Bertz CT molecular complexity index is 763. The van der Waals surface area contributed by atoms with Crippen LogP contribution in [0.5, 0.6) is 5.75 Å². The predicted octanol–water partition coefficient (Wildman–Crippen LogP) is 3.28. The summed E-state index contributed by atoms with van der Waals surface area (Å²) in [5, 5.41) is 10.4. The molecule has 2 aromatic rings. The normalized spacial score (nSPS) is 24.7. The zero-order chi connectivity index (χ0) is 17.3. The summed E-state index contributed by atoms with van der Waals surface area (Å²) in [6.07, 6.45) is 0.286. The highest BCUT2D eigenvalue weighted by Gasteiger charge is 2.47. The Hall–Kier alpha value is -2.53. The van der Waals surface area contributed by atoms with Gasteiger partial charge >= 0.3 is 6.09 Å². The molecule has 1 spiro atoms. The molecule has 1 N–H and O–H groups in total. The summed E-state index contributed by atoms with van der Waals surface area (Å²) >= 11 is 0. The summed E-state index contributed by atoms with van der Waals surface area (Å²) in [6.45, 7) is 1.27. The third kappa shape index (κ3) is 3.20. The number of amides is 1. The average Bonchev–Trinajstić information content (AvgIpc) is 3.04. The second-order valence-electron chi connectivity index (χ2n) is 6.75. The van der Waals surface area contributed by atoms with E-state index < -0.39 is 11.7 Å². The highest BCUT2D eigenvalue weighted by Crippen LogP contribution is 2.43. The Morgan fingerprint density at radius 1 is 1.20 bits per heavy atom. The number of benzene rings is 2. The molecule has 1 saturated heterocycles. The number of para-hydroxylation sites is 1. The first-order chi connectivity index (χ1) is 12.2. The molecule has 0 bridgehead atoms. The van der Waals surface area contributed by atoms with Gasteiger partial charge < -0.3 is 19.5 Å². The zero-order valence-electron chi connectivity index (χ0n) is 13.9. The van der Waals surface area contributed by atoms with Crippen molar-refractivity contribution in [3.05, 3.63) is 65.7 Å². The Morgan fingerprint density at radius 3 is 2.80 bits per heavy atom. The standard InChI is InChI=1S/C20H21NO4/c22-17-12-20(25-18-9-5-4-8-16(17)18)10-11-21(14-20)19(23)24-13-15-6-2-1-3-7-15/h1-9,17,22H,10-14H2. The lowest BCUT2D eigenvalue weighted by Gasteiger charge is -2.37. The van der Waals surface area contributed by atoms with Crippen LogP contribution < -0.4 is 4.74 Å². The van der Waals surface area contributed by atoms with Gasteiger partial charge in [-0.2, -0.15) is 0 Å². The van der Waals surface area contributed by atoms with E-state index in [0.29, 0.717) is 31.7 Å². The highest BCUT2D eigenvalue weighted by atomic mass is 16.6. The van der Waals surface area contributed by atoms with Crippen molar-refractivity contribution in [3.63, 3.8) is 0 Å². The second-order valence-corrected chi connectivity index (χ2v) is 6.75. The summed E-state index contributed by atoms with van der Waals surface area (Å²) in [4.78, 5) is 14.0. The van der Waals surface area contributed by atoms with E-state index in [-0.39, 0.29) is 12.7 Å². The van der Waals surface area contributed by atoms with E-state index in [1.165, 1.54) is 0 Å². The number of hydrogen-bond acceptors (Lipinski definition) is 4. The molecule has 1 fully saturated rings. The van der Waals surface area contributed by atoms with Gasteiger partial charge in [0.1, 0.15) is 18.0 Å².